The molecule has 0 radical (unpaired) electrons. The first-order valence-corrected chi connectivity index (χ1v) is 26.7. The molecule has 3 aliphatic heterocycles. The van der Waals surface area contributed by atoms with Crippen LogP contribution < -0.4 is 20.1 Å². The first-order valence-electron chi connectivity index (χ1n) is 24.4. The molecular weight excluding hydrogens is 873 g/mol. The summed E-state index contributed by atoms with van der Waals surface area (Å²) in [6.07, 6.45) is 9.09. The van der Waals surface area contributed by atoms with Crippen molar-refractivity contribution in [2.45, 2.75) is 156 Å². The Morgan fingerprint density at radius 1 is 1.05 bits per heavy atom. The lowest BCUT2D eigenvalue weighted by molar-refractivity contribution is -0.424. The van der Waals surface area contributed by atoms with E-state index in [9.17, 15) is 35.4 Å². The normalized spacial score (nSPS) is 43.2. The third kappa shape index (κ3) is 8.37. The highest BCUT2D eigenvalue weighted by atomic mass is 33.1. The van der Waals surface area contributed by atoms with Gasteiger partial charge in [0.25, 0.3) is 0 Å². The van der Waals surface area contributed by atoms with Crippen molar-refractivity contribution in [2.24, 2.45) is 35.0 Å². The van der Waals surface area contributed by atoms with Gasteiger partial charge in [0.1, 0.15) is 23.9 Å². The summed E-state index contributed by atoms with van der Waals surface area (Å²) in [6, 6.07) is 3.75. The number of furan rings is 1. The molecule has 3 spiro atoms. The molecule has 5 bridgehead atoms. The summed E-state index contributed by atoms with van der Waals surface area (Å²) in [6.45, 7) is 5.43. The van der Waals surface area contributed by atoms with Crippen LogP contribution in [0.4, 0.5) is 0 Å². The van der Waals surface area contributed by atoms with Crippen LogP contribution in [0.5, 0.6) is 11.5 Å². The molecule has 0 amide bonds. The highest BCUT2D eigenvalue weighted by Gasteiger charge is 2.78. The Bertz CT molecular complexity index is 2040. The lowest BCUT2D eigenvalue weighted by atomic mass is 9.50. The lowest BCUT2D eigenvalue weighted by Crippen LogP contribution is -2.86. The Kier molecular flexibility index (Phi) is 14.0. The number of rotatable bonds is 7. The van der Waals surface area contributed by atoms with Crippen LogP contribution in [0.1, 0.15) is 103 Å². The molecule has 14 nitrogen and oxygen atoms in total. The van der Waals surface area contributed by atoms with Crippen molar-refractivity contribution in [1.82, 2.24) is 10.6 Å². The van der Waals surface area contributed by atoms with E-state index in [4.69, 9.17) is 23.4 Å². The monoisotopic (exact) mass is 944 g/mol. The summed E-state index contributed by atoms with van der Waals surface area (Å²) in [5.74, 6) is -1.72. The second-order valence-electron chi connectivity index (χ2n) is 20.9. The van der Waals surface area contributed by atoms with Crippen LogP contribution >= 0.6 is 21.6 Å². The Morgan fingerprint density at radius 2 is 1.89 bits per heavy atom. The molecule has 4 heterocycles. The first kappa shape index (κ1) is 48.0. The fraction of sp³-hybridized carbons (Fsp3) is 0.776. The zero-order valence-electron chi connectivity index (χ0n) is 38.3. The zero-order valence-corrected chi connectivity index (χ0v) is 39.9. The van der Waals surface area contributed by atoms with E-state index < -0.39 is 71.7 Å². The average molecular weight is 945 g/mol. The second kappa shape index (κ2) is 19.0. The van der Waals surface area contributed by atoms with Gasteiger partial charge in [0.05, 0.1) is 25.1 Å². The molecular formula is C49H72N2O12S2. The molecule has 9 rings (SSSR count). The fourth-order valence-corrected chi connectivity index (χ4v) is 17.7. The minimum atomic E-state index is -2.45. The summed E-state index contributed by atoms with van der Waals surface area (Å²) in [4.78, 5) is 12.9. The number of aliphatic hydroxyl groups excluding tert-OH is 4. The highest BCUT2D eigenvalue weighted by molar-refractivity contribution is 8.77. The molecule has 8 N–H and O–H groups in total. The molecule has 5 fully saturated rings. The van der Waals surface area contributed by atoms with Gasteiger partial charge < -0.3 is 64.6 Å². The van der Waals surface area contributed by atoms with Crippen LogP contribution in [0.25, 0.3) is 11.0 Å². The van der Waals surface area contributed by atoms with Crippen molar-refractivity contribution in [3.8, 4) is 11.5 Å². The molecule has 65 heavy (non-hydrogen) atoms. The number of ether oxygens (including phenoxy) is 4. The molecule has 7 aliphatic rings. The number of allylic oxidation sites excluding steroid dienone is 1. The quantitative estimate of drug-likeness (QED) is 0.104. The van der Waals surface area contributed by atoms with Crippen LogP contribution in [-0.2, 0) is 20.7 Å². The first-order chi connectivity index (χ1) is 31.2. The van der Waals surface area contributed by atoms with Crippen molar-refractivity contribution in [3.63, 3.8) is 0 Å². The number of hydrogen-bond donors (Lipinski definition) is 8. The van der Waals surface area contributed by atoms with Crippen molar-refractivity contribution >= 4 is 38.5 Å². The van der Waals surface area contributed by atoms with Gasteiger partial charge in [0.2, 0.25) is 12.0 Å². The summed E-state index contributed by atoms with van der Waals surface area (Å²) in [5.41, 5.74) is -5.44. The van der Waals surface area contributed by atoms with E-state index in [0.29, 0.717) is 41.3 Å². The van der Waals surface area contributed by atoms with E-state index in [-0.39, 0.29) is 72.4 Å². The smallest absolute Gasteiger partial charge is 0.306 e. The highest BCUT2D eigenvalue weighted by Crippen LogP contribution is 2.65. The maximum Gasteiger partial charge on any atom is 0.306 e. The van der Waals surface area contributed by atoms with Crippen LogP contribution in [-0.4, -0.2) is 135 Å². The number of carbonyl (C=O) groups is 1. The van der Waals surface area contributed by atoms with E-state index in [1.165, 1.54) is 19.3 Å². The van der Waals surface area contributed by atoms with Gasteiger partial charge in [-0.15, -0.1) is 0 Å². The van der Waals surface area contributed by atoms with Crippen LogP contribution in [0.15, 0.2) is 35.0 Å². The van der Waals surface area contributed by atoms with Gasteiger partial charge in [0.15, 0.2) is 16.9 Å². The average Bonchev–Trinajstić information content (AvgIpc) is 4.02. The number of hydrogen-bond acceptors (Lipinski definition) is 16. The van der Waals surface area contributed by atoms with Gasteiger partial charge in [0, 0.05) is 53.3 Å². The van der Waals surface area contributed by atoms with E-state index in [0.717, 1.165) is 45.1 Å². The van der Waals surface area contributed by atoms with E-state index in [1.807, 2.05) is 23.9 Å². The largest absolute Gasteiger partial charge is 0.485 e. The van der Waals surface area contributed by atoms with Crippen molar-refractivity contribution in [2.75, 3.05) is 45.7 Å². The maximum atomic E-state index is 13.5. The lowest BCUT2D eigenvalue weighted by Gasteiger charge is -2.67. The number of benzene rings is 1. The molecule has 16 heteroatoms. The standard InChI is InChI=1S/C49H72N2O12S2/c1-4-59-38(55)13-10-31-22-32-15-20-60-40(32)42-41(31)62-44-49(58)39-33(9-11-35(53)34(39)26-52)24-47(57,43(49)56)48(63-44)28-64-65-46(18-17-45(27-46)16-14-30(23-45)25-50-3)36(51-19-21-61-42)12-8-29(2)6-5-7-37(48)54/h9,11,15,20,22,29-30,33-37,39,43-44,50-54,56-58H,4-8,10,12-14,16-19,21,23-28H2,1-3H3. The number of fused-ring (bicyclic) bond motifs is 11. The third-order valence-electron chi connectivity index (χ3n) is 17.0. The minimum absolute atomic E-state index is 0.00309. The molecule has 2 aromatic rings. The van der Waals surface area contributed by atoms with Crippen LogP contribution in [0.3, 0.4) is 0 Å². The SMILES string of the molecule is CCOC(=O)CCc1cc2ccoc2c2c1OC1OC3(CSSC4(CCC5(CCC(CNC)C5)C4)C(CCC(C)CCCC3O)NCCO2)C2(O)CC3C=CC(O)C(CO)C3C1(O)C2O. The van der Waals surface area contributed by atoms with Crippen molar-refractivity contribution in [1.29, 1.82) is 0 Å². The van der Waals surface area contributed by atoms with E-state index in [1.54, 1.807) is 42.2 Å². The molecule has 1 aromatic heterocycles. The molecule has 4 aliphatic carbocycles. The molecule has 3 saturated carbocycles. The topological polar surface area (TPSA) is 213 Å². The molecule has 15 unspecified atom stereocenters. The number of nitrogens with one attached hydrogen (secondary N) is 2. The Morgan fingerprint density at radius 3 is 2.69 bits per heavy atom. The van der Waals surface area contributed by atoms with Crippen LogP contribution in [0, 0.1) is 35.0 Å². The zero-order chi connectivity index (χ0) is 45.8. The predicted molar refractivity (Wildman–Crippen MR) is 248 cm³/mol. The molecule has 15 atom stereocenters. The molecule has 1 aromatic carbocycles. The number of carbonyl (C=O) groups excluding carboxylic acids is 1. The van der Waals surface area contributed by atoms with Crippen molar-refractivity contribution < 1.29 is 58.8 Å². The van der Waals surface area contributed by atoms with Crippen LogP contribution in [0.2, 0.25) is 0 Å². The summed E-state index contributed by atoms with van der Waals surface area (Å²) >= 11 is 0. The predicted octanol–water partition coefficient (Wildman–Crippen LogP) is 5.02. The number of aliphatic hydroxyl groups is 6. The minimum Gasteiger partial charge on any atom is -0.485 e. The summed E-state index contributed by atoms with van der Waals surface area (Å²) in [5, 5.41) is 83.1. The van der Waals surface area contributed by atoms with Crippen molar-refractivity contribution in [3.05, 3.63) is 36.1 Å². The van der Waals surface area contributed by atoms with Gasteiger partial charge in [-0.05, 0) is 132 Å². The van der Waals surface area contributed by atoms with E-state index >= 15 is 0 Å². The molecule has 2 saturated heterocycles. The Balaban J connectivity index is 1.22. The van der Waals surface area contributed by atoms with Gasteiger partial charge in [-0.3, -0.25) is 4.79 Å². The second-order valence-corrected chi connectivity index (χ2v) is 23.6. The summed E-state index contributed by atoms with van der Waals surface area (Å²) < 4.78 is 32.3. The number of esters is 1. The Hall–Kier alpha value is -2.09. The van der Waals surface area contributed by atoms with Gasteiger partial charge in [-0.2, -0.15) is 0 Å². The molecule has 362 valence electrons. The van der Waals surface area contributed by atoms with Gasteiger partial charge in [-0.25, -0.2) is 0 Å². The third-order valence-corrected chi connectivity index (χ3v) is 20.3. The maximum absolute atomic E-state index is 13.5. The van der Waals surface area contributed by atoms with Gasteiger partial charge >= 0.3 is 5.97 Å². The summed E-state index contributed by atoms with van der Waals surface area (Å²) in [7, 11) is 5.43. The van der Waals surface area contributed by atoms with E-state index in [2.05, 4.69) is 17.6 Å². The Labute approximate surface area is 390 Å². The van der Waals surface area contributed by atoms with Gasteiger partial charge in [-0.1, -0.05) is 53.5 Å². The fourth-order valence-electron chi connectivity index (χ4n) is 13.7. The number of aryl methyl sites for hydroxylation is 1.